The first-order valence-electron chi connectivity index (χ1n) is 14.8. The number of rotatable bonds is 12. The maximum atomic E-state index is 13.7. The minimum Gasteiger partial charge on any atom is -0.497 e. The van der Waals surface area contributed by atoms with Gasteiger partial charge in [0.25, 0.3) is 11.8 Å². The molecule has 1 atom stereocenters. The van der Waals surface area contributed by atoms with E-state index in [2.05, 4.69) is 31.9 Å². The summed E-state index contributed by atoms with van der Waals surface area (Å²) in [6, 6.07) is 37.9. The van der Waals surface area contributed by atoms with Crippen LogP contribution in [0.1, 0.15) is 26.7 Å². The quantitative estimate of drug-likeness (QED) is 0.0884. The number of anilines is 2. The number of thioether (sulfide) groups is 1. The minimum atomic E-state index is -0.586. The molecule has 0 aliphatic rings. The molecule has 0 bridgehead atoms. The number of halogens is 1. The zero-order valence-electron chi connectivity index (χ0n) is 26.1. The molecule has 0 aliphatic heterocycles. The van der Waals surface area contributed by atoms with Gasteiger partial charge in [0.05, 0.1) is 14.2 Å². The average molecular weight is 723 g/mol. The first-order valence-corrected chi connectivity index (χ1v) is 16.5. The SMILES string of the molecule is COc1cc(NC(=O)C(Sc2ccc(NC(=O)/C(=C/c3cccc(Br)c3)NC(=O)c3ccccc3)cc2)c2ccccc2)cc(OC)c1. The van der Waals surface area contributed by atoms with Crippen molar-refractivity contribution in [2.24, 2.45) is 0 Å². The molecule has 242 valence electrons. The number of methoxy groups -OCH3 is 2. The molecular formula is C38H32BrN3O5S. The van der Waals surface area contributed by atoms with Crippen LogP contribution in [-0.2, 0) is 9.59 Å². The second-order valence-electron chi connectivity index (χ2n) is 10.4. The molecule has 3 amide bonds. The van der Waals surface area contributed by atoms with Crippen molar-refractivity contribution in [3.05, 3.63) is 154 Å². The summed E-state index contributed by atoms with van der Waals surface area (Å²) in [6.45, 7) is 0. The van der Waals surface area contributed by atoms with Gasteiger partial charge in [-0.3, -0.25) is 14.4 Å². The smallest absolute Gasteiger partial charge is 0.272 e. The summed E-state index contributed by atoms with van der Waals surface area (Å²) in [5, 5.41) is 8.04. The van der Waals surface area contributed by atoms with Crippen LogP contribution in [0.4, 0.5) is 11.4 Å². The van der Waals surface area contributed by atoms with E-state index in [0.717, 1.165) is 20.5 Å². The van der Waals surface area contributed by atoms with Crippen molar-refractivity contribution < 1.29 is 23.9 Å². The van der Waals surface area contributed by atoms with Crippen LogP contribution in [0.5, 0.6) is 11.5 Å². The van der Waals surface area contributed by atoms with Gasteiger partial charge in [-0.2, -0.15) is 0 Å². The van der Waals surface area contributed by atoms with E-state index in [0.29, 0.717) is 28.4 Å². The van der Waals surface area contributed by atoms with Crippen molar-refractivity contribution in [2.75, 3.05) is 24.9 Å². The highest BCUT2D eigenvalue weighted by Crippen LogP contribution is 2.37. The second kappa shape index (κ2) is 16.5. The van der Waals surface area contributed by atoms with Gasteiger partial charge < -0.3 is 25.4 Å². The Balaban J connectivity index is 1.33. The number of hydrogen-bond donors (Lipinski definition) is 3. The van der Waals surface area contributed by atoms with Gasteiger partial charge in [0, 0.05) is 44.5 Å². The van der Waals surface area contributed by atoms with E-state index < -0.39 is 17.1 Å². The fourth-order valence-corrected chi connectivity index (χ4v) is 6.09. The van der Waals surface area contributed by atoms with Crippen molar-refractivity contribution in [1.82, 2.24) is 5.32 Å². The molecule has 5 aromatic rings. The predicted molar refractivity (Wildman–Crippen MR) is 194 cm³/mol. The summed E-state index contributed by atoms with van der Waals surface area (Å²) < 4.78 is 11.5. The van der Waals surface area contributed by atoms with Crippen LogP contribution in [-0.4, -0.2) is 31.9 Å². The molecule has 0 heterocycles. The monoisotopic (exact) mass is 721 g/mol. The van der Waals surface area contributed by atoms with Gasteiger partial charge in [-0.1, -0.05) is 76.6 Å². The van der Waals surface area contributed by atoms with Crippen LogP contribution in [0.2, 0.25) is 0 Å². The molecule has 8 nitrogen and oxygen atoms in total. The molecule has 48 heavy (non-hydrogen) atoms. The number of ether oxygens (including phenoxy) is 2. The third-order valence-electron chi connectivity index (χ3n) is 7.01. The topological polar surface area (TPSA) is 106 Å². The number of amides is 3. The van der Waals surface area contributed by atoms with E-state index in [1.165, 1.54) is 11.8 Å². The zero-order valence-corrected chi connectivity index (χ0v) is 28.5. The van der Waals surface area contributed by atoms with Crippen molar-refractivity contribution in [3.63, 3.8) is 0 Å². The molecule has 0 saturated heterocycles. The molecule has 0 fully saturated rings. The van der Waals surface area contributed by atoms with Crippen LogP contribution in [0, 0.1) is 0 Å². The largest absolute Gasteiger partial charge is 0.497 e. The molecule has 0 radical (unpaired) electrons. The highest BCUT2D eigenvalue weighted by atomic mass is 79.9. The molecule has 0 aromatic heterocycles. The predicted octanol–water partition coefficient (Wildman–Crippen LogP) is 8.35. The molecule has 1 unspecified atom stereocenters. The van der Waals surface area contributed by atoms with Crippen LogP contribution >= 0.6 is 27.7 Å². The first-order chi connectivity index (χ1) is 23.3. The Morgan fingerprint density at radius 1 is 0.708 bits per heavy atom. The molecule has 10 heteroatoms. The number of carbonyl (C=O) groups is 3. The third kappa shape index (κ3) is 9.37. The maximum absolute atomic E-state index is 13.7. The van der Waals surface area contributed by atoms with Crippen LogP contribution in [0.15, 0.2) is 142 Å². The van der Waals surface area contributed by atoms with Gasteiger partial charge in [0.2, 0.25) is 5.91 Å². The lowest BCUT2D eigenvalue weighted by Crippen LogP contribution is -2.30. The van der Waals surface area contributed by atoms with Gasteiger partial charge >= 0.3 is 0 Å². The molecular weight excluding hydrogens is 690 g/mol. The van der Waals surface area contributed by atoms with Crippen LogP contribution in [0.3, 0.4) is 0 Å². The Bertz CT molecular complexity index is 1900. The summed E-state index contributed by atoms with van der Waals surface area (Å²) in [4.78, 5) is 40.9. The summed E-state index contributed by atoms with van der Waals surface area (Å²) in [6.07, 6.45) is 1.62. The fraction of sp³-hybridized carbons (Fsp3) is 0.0789. The molecule has 5 aromatic carbocycles. The second-order valence-corrected chi connectivity index (χ2v) is 12.5. The van der Waals surface area contributed by atoms with Crippen LogP contribution < -0.4 is 25.4 Å². The van der Waals surface area contributed by atoms with E-state index in [1.807, 2.05) is 72.8 Å². The molecule has 5 rings (SSSR count). The highest BCUT2D eigenvalue weighted by Gasteiger charge is 2.23. The molecule has 0 saturated carbocycles. The lowest BCUT2D eigenvalue weighted by molar-refractivity contribution is -0.116. The normalized spacial score (nSPS) is 11.6. The number of carbonyl (C=O) groups excluding carboxylic acids is 3. The van der Waals surface area contributed by atoms with Gasteiger partial charge in [-0.15, -0.1) is 11.8 Å². The zero-order chi connectivity index (χ0) is 33.9. The highest BCUT2D eigenvalue weighted by molar-refractivity contribution is 9.10. The number of nitrogens with one attached hydrogen (secondary N) is 3. The van der Waals surface area contributed by atoms with Crippen molar-refractivity contribution in [1.29, 1.82) is 0 Å². The Kier molecular flexibility index (Phi) is 11.7. The number of hydrogen-bond acceptors (Lipinski definition) is 6. The standard InChI is InChI=1S/C38H32BrN3O5S/c1-46-31-22-30(23-32(24-31)47-2)41-38(45)35(26-11-5-3-6-12-26)48-33-18-16-29(17-19-33)40-37(44)34(21-25-10-9-15-28(39)20-25)42-36(43)27-13-7-4-8-14-27/h3-24,35H,1-2H3,(H,40,44)(H,41,45)(H,42,43)/b34-21-. The molecule has 3 N–H and O–H groups in total. The third-order valence-corrected chi connectivity index (χ3v) is 8.77. The van der Waals surface area contributed by atoms with E-state index in [4.69, 9.17) is 9.47 Å². The molecule has 0 aliphatic carbocycles. The summed E-state index contributed by atoms with van der Waals surface area (Å²) >= 11 is 4.82. The lowest BCUT2D eigenvalue weighted by Gasteiger charge is -2.18. The van der Waals surface area contributed by atoms with Gasteiger partial charge in [-0.25, -0.2) is 0 Å². The summed E-state index contributed by atoms with van der Waals surface area (Å²) in [5.74, 6) is -0.0115. The van der Waals surface area contributed by atoms with E-state index in [-0.39, 0.29) is 11.6 Å². The Labute approximate surface area is 291 Å². The Morgan fingerprint density at radius 2 is 1.35 bits per heavy atom. The summed E-state index contributed by atoms with van der Waals surface area (Å²) in [7, 11) is 3.10. The summed E-state index contributed by atoms with van der Waals surface area (Å²) in [5.41, 5.74) is 3.12. The minimum absolute atomic E-state index is 0.0791. The maximum Gasteiger partial charge on any atom is 0.272 e. The van der Waals surface area contributed by atoms with Gasteiger partial charge in [0.15, 0.2) is 0 Å². The van der Waals surface area contributed by atoms with E-state index in [1.54, 1.807) is 74.9 Å². The van der Waals surface area contributed by atoms with Crippen LogP contribution in [0.25, 0.3) is 6.08 Å². The van der Waals surface area contributed by atoms with E-state index in [9.17, 15) is 14.4 Å². The van der Waals surface area contributed by atoms with Gasteiger partial charge in [-0.05, 0) is 65.7 Å². The Hall–Kier alpha value is -5.32. The van der Waals surface area contributed by atoms with Crippen molar-refractivity contribution in [2.45, 2.75) is 10.1 Å². The average Bonchev–Trinajstić information content (AvgIpc) is 3.11. The van der Waals surface area contributed by atoms with Crippen molar-refractivity contribution in [3.8, 4) is 11.5 Å². The van der Waals surface area contributed by atoms with Gasteiger partial charge in [0.1, 0.15) is 22.4 Å². The van der Waals surface area contributed by atoms with Crippen molar-refractivity contribution >= 4 is 62.9 Å². The molecule has 0 spiro atoms. The lowest BCUT2D eigenvalue weighted by atomic mass is 10.1. The Morgan fingerprint density at radius 3 is 1.98 bits per heavy atom. The fourth-order valence-electron chi connectivity index (χ4n) is 4.64. The first kappa shape index (κ1) is 34.0. The number of benzene rings is 5. The van der Waals surface area contributed by atoms with E-state index >= 15 is 0 Å².